The predicted molar refractivity (Wildman–Crippen MR) is 98.0 cm³/mol. The van der Waals surface area contributed by atoms with Gasteiger partial charge in [0.2, 0.25) is 5.91 Å². The topological polar surface area (TPSA) is 68.6 Å². The van der Waals surface area contributed by atoms with Gasteiger partial charge in [-0.25, -0.2) is 0 Å². The maximum Gasteiger partial charge on any atom is 0.221 e. The summed E-state index contributed by atoms with van der Waals surface area (Å²) in [5.74, 6) is 1.70. The van der Waals surface area contributed by atoms with Crippen LogP contribution in [0.15, 0.2) is 30.6 Å². The van der Waals surface area contributed by atoms with Crippen molar-refractivity contribution in [1.82, 2.24) is 20.0 Å². The van der Waals surface area contributed by atoms with Crippen LogP contribution in [0.4, 0.5) is 0 Å². The van der Waals surface area contributed by atoms with Gasteiger partial charge in [-0.05, 0) is 13.0 Å². The van der Waals surface area contributed by atoms with E-state index in [0.29, 0.717) is 19.5 Å². The van der Waals surface area contributed by atoms with Gasteiger partial charge in [0, 0.05) is 63.0 Å². The molecule has 7 heteroatoms. The van der Waals surface area contributed by atoms with Crippen LogP contribution in [-0.4, -0.2) is 46.9 Å². The molecule has 3 rings (SSSR count). The fourth-order valence-electron chi connectivity index (χ4n) is 3.11. The molecule has 1 atom stereocenters. The lowest BCUT2D eigenvalue weighted by Gasteiger charge is -2.21. The van der Waals surface area contributed by atoms with Gasteiger partial charge in [-0.15, -0.1) is 0 Å². The summed E-state index contributed by atoms with van der Waals surface area (Å²) < 4.78 is 13.0. The summed E-state index contributed by atoms with van der Waals surface area (Å²) in [5.41, 5.74) is 2.12. The first kappa shape index (κ1) is 18.3. The minimum Gasteiger partial charge on any atom is -0.497 e. The summed E-state index contributed by atoms with van der Waals surface area (Å²) in [6.45, 7) is 4.79. The van der Waals surface area contributed by atoms with Crippen molar-refractivity contribution in [1.29, 1.82) is 0 Å². The van der Waals surface area contributed by atoms with Crippen molar-refractivity contribution < 1.29 is 14.3 Å². The number of rotatable bonds is 6. The van der Waals surface area contributed by atoms with Crippen LogP contribution >= 0.6 is 0 Å². The van der Waals surface area contributed by atoms with Crippen molar-refractivity contribution in [3.63, 3.8) is 0 Å². The Morgan fingerprint density at radius 2 is 2.31 bits per heavy atom. The van der Waals surface area contributed by atoms with Gasteiger partial charge in [0.25, 0.3) is 0 Å². The number of carbonyl (C=O) groups is 1. The average Bonchev–Trinajstić information content (AvgIpc) is 2.96. The normalized spacial score (nSPS) is 17.1. The van der Waals surface area contributed by atoms with Crippen molar-refractivity contribution in [2.24, 2.45) is 7.05 Å². The molecule has 1 unspecified atom stereocenters. The lowest BCUT2D eigenvalue weighted by Crippen LogP contribution is -2.34. The monoisotopic (exact) mass is 358 g/mol. The smallest absolute Gasteiger partial charge is 0.221 e. The number of aryl methyl sites for hydroxylation is 1. The largest absolute Gasteiger partial charge is 0.497 e. The van der Waals surface area contributed by atoms with E-state index in [1.807, 2.05) is 38.4 Å². The fraction of sp³-hybridized carbons (Fsp3) is 0.474. The molecular weight excluding hydrogens is 332 g/mol. The van der Waals surface area contributed by atoms with Crippen LogP contribution in [0.5, 0.6) is 11.5 Å². The first-order valence-electron chi connectivity index (χ1n) is 8.83. The zero-order valence-corrected chi connectivity index (χ0v) is 15.6. The molecule has 0 spiro atoms. The van der Waals surface area contributed by atoms with Gasteiger partial charge in [0.15, 0.2) is 0 Å². The number of carbonyl (C=O) groups excluding carboxylic acids is 1. The standard InChI is InChI=1S/C19H26N4O3/c1-14-11-23(13-16-4-5-17(25-3)8-18(16)26-14)7-6-19(24)20-9-15-10-21-22(2)12-15/h4-5,8,10,12,14H,6-7,9,11,13H2,1-3H3,(H,20,24). The molecule has 1 aliphatic heterocycles. The van der Waals surface area contributed by atoms with E-state index in [9.17, 15) is 4.79 Å². The van der Waals surface area contributed by atoms with E-state index in [1.54, 1.807) is 18.0 Å². The molecule has 0 saturated heterocycles. The lowest BCUT2D eigenvalue weighted by molar-refractivity contribution is -0.121. The van der Waals surface area contributed by atoms with Gasteiger partial charge in [-0.1, -0.05) is 6.07 Å². The summed E-state index contributed by atoms with van der Waals surface area (Å²) in [6, 6.07) is 5.90. The van der Waals surface area contributed by atoms with E-state index in [4.69, 9.17) is 9.47 Å². The molecule has 0 bridgehead atoms. The summed E-state index contributed by atoms with van der Waals surface area (Å²) in [6.07, 6.45) is 4.18. The molecule has 1 aromatic heterocycles. The van der Waals surface area contributed by atoms with Crippen molar-refractivity contribution in [2.75, 3.05) is 20.2 Å². The molecule has 0 aliphatic carbocycles. The highest BCUT2D eigenvalue weighted by Gasteiger charge is 2.21. The second-order valence-electron chi connectivity index (χ2n) is 6.69. The number of hydrogen-bond acceptors (Lipinski definition) is 5. The van der Waals surface area contributed by atoms with Gasteiger partial charge in [0.05, 0.1) is 13.3 Å². The highest BCUT2D eigenvalue weighted by molar-refractivity contribution is 5.76. The van der Waals surface area contributed by atoms with Gasteiger partial charge in [-0.2, -0.15) is 5.10 Å². The number of nitrogens with one attached hydrogen (secondary N) is 1. The Morgan fingerprint density at radius 1 is 1.46 bits per heavy atom. The molecule has 1 aliphatic rings. The number of nitrogens with zero attached hydrogens (tertiary/aromatic N) is 3. The SMILES string of the molecule is COc1ccc2c(c1)OC(C)CN(CCC(=O)NCc1cnn(C)c1)C2. The Kier molecular flexibility index (Phi) is 5.78. The molecule has 0 radical (unpaired) electrons. The number of hydrogen-bond donors (Lipinski definition) is 1. The maximum absolute atomic E-state index is 12.1. The zero-order chi connectivity index (χ0) is 18.5. The number of methoxy groups -OCH3 is 1. The highest BCUT2D eigenvalue weighted by atomic mass is 16.5. The summed E-state index contributed by atoms with van der Waals surface area (Å²) in [4.78, 5) is 14.4. The second-order valence-corrected chi connectivity index (χ2v) is 6.69. The number of aromatic nitrogens is 2. The Hall–Kier alpha value is -2.54. The van der Waals surface area contributed by atoms with Crippen LogP contribution in [0, 0.1) is 0 Å². The van der Waals surface area contributed by atoms with E-state index in [1.165, 1.54) is 0 Å². The second kappa shape index (κ2) is 8.23. The van der Waals surface area contributed by atoms with E-state index in [0.717, 1.165) is 35.7 Å². The number of fused-ring (bicyclic) bond motifs is 1. The Morgan fingerprint density at radius 3 is 3.04 bits per heavy atom. The summed E-state index contributed by atoms with van der Waals surface area (Å²) in [5, 5.41) is 7.05. The molecule has 2 heterocycles. The number of benzene rings is 1. The molecule has 0 fully saturated rings. The Bertz CT molecular complexity index is 759. The molecule has 0 saturated carbocycles. The van der Waals surface area contributed by atoms with Crippen LogP contribution in [0.3, 0.4) is 0 Å². The number of ether oxygens (including phenoxy) is 2. The third kappa shape index (κ3) is 4.76. The first-order chi connectivity index (χ1) is 12.5. The third-order valence-corrected chi connectivity index (χ3v) is 4.41. The summed E-state index contributed by atoms with van der Waals surface area (Å²) >= 11 is 0. The molecule has 26 heavy (non-hydrogen) atoms. The first-order valence-corrected chi connectivity index (χ1v) is 8.83. The quantitative estimate of drug-likeness (QED) is 0.852. The van der Waals surface area contributed by atoms with Gasteiger partial charge >= 0.3 is 0 Å². The average molecular weight is 358 g/mol. The molecule has 7 nitrogen and oxygen atoms in total. The Balaban J connectivity index is 1.53. The zero-order valence-electron chi connectivity index (χ0n) is 15.6. The minimum absolute atomic E-state index is 0.0432. The van der Waals surface area contributed by atoms with Crippen LogP contribution in [0.1, 0.15) is 24.5 Å². The van der Waals surface area contributed by atoms with Crippen molar-refractivity contribution >= 4 is 5.91 Å². The van der Waals surface area contributed by atoms with Crippen LogP contribution in [0.25, 0.3) is 0 Å². The molecule has 1 amide bonds. The summed E-state index contributed by atoms with van der Waals surface area (Å²) in [7, 11) is 3.51. The molecule has 2 aromatic rings. The van der Waals surface area contributed by atoms with Crippen LogP contribution in [0.2, 0.25) is 0 Å². The highest BCUT2D eigenvalue weighted by Crippen LogP contribution is 2.29. The third-order valence-electron chi connectivity index (χ3n) is 4.41. The van der Waals surface area contributed by atoms with Crippen molar-refractivity contribution in [3.05, 3.63) is 41.7 Å². The van der Waals surface area contributed by atoms with Crippen molar-refractivity contribution in [2.45, 2.75) is 32.5 Å². The molecule has 140 valence electrons. The Labute approximate surface area is 153 Å². The molecule has 1 aromatic carbocycles. The van der Waals surface area contributed by atoms with Crippen LogP contribution < -0.4 is 14.8 Å². The molecular formula is C19H26N4O3. The number of amides is 1. The van der Waals surface area contributed by atoms with E-state index < -0.39 is 0 Å². The van der Waals surface area contributed by atoms with Crippen LogP contribution in [-0.2, 0) is 24.9 Å². The maximum atomic E-state index is 12.1. The van der Waals surface area contributed by atoms with E-state index in [2.05, 4.69) is 15.3 Å². The molecule has 1 N–H and O–H groups in total. The van der Waals surface area contributed by atoms with Gasteiger partial charge in [-0.3, -0.25) is 14.4 Å². The van der Waals surface area contributed by atoms with Gasteiger partial charge < -0.3 is 14.8 Å². The van der Waals surface area contributed by atoms with E-state index >= 15 is 0 Å². The lowest BCUT2D eigenvalue weighted by atomic mass is 10.1. The predicted octanol–water partition coefficient (Wildman–Crippen LogP) is 1.72. The van der Waals surface area contributed by atoms with Crippen molar-refractivity contribution in [3.8, 4) is 11.5 Å². The fourth-order valence-corrected chi connectivity index (χ4v) is 3.11. The minimum atomic E-state index is 0.0432. The van der Waals surface area contributed by atoms with E-state index in [-0.39, 0.29) is 12.0 Å². The van der Waals surface area contributed by atoms with Gasteiger partial charge in [0.1, 0.15) is 17.6 Å².